The number of carbonyl (C=O) groups excluding carboxylic acids is 1. The lowest BCUT2D eigenvalue weighted by Crippen LogP contribution is -2.55. The predicted octanol–water partition coefficient (Wildman–Crippen LogP) is -0.0520. The first-order valence-corrected chi connectivity index (χ1v) is 5.35. The molecule has 0 aromatic carbocycles. The minimum absolute atomic E-state index is 0.125. The molecule has 0 aliphatic carbocycles. The van der Waals surface area contributed by atoms with Crippen molar-refractivity contribution < 1.29 is 19.4 Å². The third kappa shape index (κ3) is 2.86. The van der Waals surface area contributed by atoms with E-state index < -0.39 is 17.4 Å². The first-order valence-electron chi connectivity index (χ1n) is 5.35. The van der Waals surface area contributed by atoms with Crippen molar-refractivity contribution in [2.45, 2.75) is 19.4 Å². The predicted molar refractivity (Wildman–Crippen MR) is 63.3 cm³/mol. The summed E-state index contributed by atoms with van der Waals surface area (Å²) in [6.45, 7) is 3.06. The first-order chi connectivity index (χ1) is 8.30. The lowest BCUT2D eigenvalue weighted by atomic mass is 10.0. The number of carbonyl (C=O) groups is 2. The highest BCUT2D eigenvalue weighted by Crippen LogP contribution is 2.08. The Kier molecular flexibility index (Phi) is 4.07. The molecule has 7 heteroatoms. The Morgan fingerprint density at radius 2 is 2.22 bits per heavy atom. The second kappa shape index (κ2) is 5.18. The standard InChI is InChI=1S/C11H17N3O4/c1-7-5-8(13-14(7)3)9(15)12-11(2,6-18-4)10(16)17/h5H,6H2,1-4H3,(H,12,15)(H,16,17). The first kappa shape index (κ1) is 14.2. The van der Waals surface area contributed by atoms with Gasteiger partial charge in [0.25, 0.3) is 5.91 Å². The molecule has 0 aliphatic heterocycles. The summed E-state index contributed by atoms with van der Waals surface area (Å²) in [5, 5.41) is 15.5. The van der Waals surface area contributed by atoms with Gasteiger partial charge >= 0.3 is 5.97 Å². The number of nitrogens with zero attached hydrogens (tertiary/aromatic N) is 2. The maximum Gasteiger partial charge on any atom is 0.331 e. The minimum atomic E-state index is -1.47. The van der Waals surface area contributed by atoms with Crippen LogP contribution in [0.25, 0.3) is 0 Å². The lowest BCUT2D eigenvalue weighted by Gasteiger charge is -2.24. The van der Waals surface area contributed by atoms with Crippen molar-refractivity contribution in [1.29, 1.82) is 0 Å². The van der Waals surface area contributed by atoms with Crippen molar-refractivity contribution in [3.05, 3.63) is 17.5 Å². The Balaban J connectivity index is 2.88. The van der Waals surface area contributed by atoms with Crippen LogP contribution in [0.5, 0.6) is 0 Å². The number of aryl methyl sites for hydroxylation is 2. The van der Waals surface area contributed by atoms with Gasteiger partial charge in [0, 0.05) is 19.9 Å². The van der Waals surface area contributed by atoms with E-state index in [2.05, 4.69) is 10.4 Å². The van der Waals surface area contributed by atoms with Crippen molar-refractivity contribution in [3.8, 4) is 0 Å². The fourth-order valence-electron chi connectivity index (χ4n) is 1.43. The number of ether oxygens (including phenoxy) is 1. The van der Waals surface area contributed by atoms with Crippen LogP contribution in [0, 0.1) is 6.92 Å². The van der Waals surface area contributed by atoms with Crippen molar-refractivity contribution in [2.24, 2.45) is 7.05 Å². The van der Waals surface area contributed by atoms with Crippen molar-refractivity contribution in [1.82, 2.24) is 15.1 Å². The molecule has 1 heterocycles. The summed E-state index contributed by atoms with van der Waals surface area (Å²) in [7, 11) is 3.08. The molecule has 2 N–H and O–H groups in total. The summed E-state index contributed by atoms with van der Waals surface area (Å²) in [6.07, 6.45) is 0. The van der Waals surface area contributed by atoms with E-state index in [1.54, 1.807) is 24.7 Å². The second-order valence-electron chi connectivity index (χ2n) is 4.32. The fourth-order valence-corrected chi connectivity index (χ4v) is 1.43. The molecule has 0 fully saturated rings. The van der Waals surface area contributed by atoms with Crippen molar-refractivity contribution >= 4 is 11.9 Å². The molecule has 0 aliphatic rings. The molecule has 7 nitrogen and oxygen atoms in total. The zero-order chi connectivity index (χ0) is 13.9. The Hall–Kier alpha value is -1.89. The highest BCUT2D eigenvalue weighted by Gasteiger charge is 2.35. The molecule has 0 radical (unpaired) electrons. The molecule has 100 valence electrons. The number of hydrogen-bond donors (Lipinski definition) is 2. The Labute approximate surface area is 105 Å². The van der Waals surface area contributed by atoms with Crippen molar-refractivity contribution in [2.75, 3.05) is 13.7 Å². The third-order valence-corrected chi connectivity index (χ3v) is 2.64. The molecule has 1 atom stereocenters. The van der Waals surface area contributed by atoms with Crippen molar-refractivity contribution in [3.63, 3.8) is 0 Å². The van der Waals surface area contributed by atoms with Gasteiger partial charge in [-0.1, -0.05) is 0 Å². The van der Waals surface area contributed by atoms with Gasteiger partial charge in [0.05, 0.1) is 6.61 Å². The van der Waals surface area contributed by atoms with Crippen LogP contribution < -0.4 is 5.32 Å². The Morgan fingerprint density at radius 1 is 1.61 bits per heavy atom. The zero-order valence-electron chi connectivity index (χ0n) is 10.9. The van der Waals surface area contributed by atoms with E-state index in [4.69, 9.17) is 9.84 Å². The summed E-state index contributed by atoms with van der Waals surface area (Å²) < 4.78 is 6.36. The van der Waals surface area contributed by atoms with Crippen LogP contribution in [0.2, 0.25) is 0 Å². The third-order valence-electron chi connectivity index (χ3n) is 2.64. The fraction of sp³-hybridized carbons (Fsp3) is 0.545. The SMILES string of the molecule is COCC(C)(NC(=O)c1cc(C)n(C)n1)C(=O)O. The van der Waals surface area contributed by atoms with Gasteiger partial charge < -0.3 is 15.2 Å². The number of carboxylic acid groups (broad SMARTS) is 1. The number of aliphatic carboxylic acids is 1. The molecular formula is C11H17N3O4. The molecule has 1 unspecified atom stereocenters. The van der Waals surface area contributed by atoms with Gasteiger partial charge in [-0.3, -0.25) is 9.48 Å². The summed E-state index contributed by atoms with van der Waals surface area (Å²) in [5.74, 6) is -1.70. The highest BCUT2D eigenvalue weighted by atomic mass is 16.5. The summed E-state index contributed by atoms with van der Waals surface area (Å²) in [5.41, 5.74) is -0.487. The van der Waals surface area contributed by atoms with Gasteiger partial charge in [-0.2, -0.15) is 5.10 Å². The molecule has 0 spiro atoms. The topological polar surface area (TPSA) is 93.5 Å². The Bertz CT molecular complexity index is 449. The Morgan fingerprint density at radius 3 is 2.61 bits per heavy atom. The van der Waals surface area contributed by atoms with E-state index in [-0.39, 0.29) is 12.3 Å². The molecule has 1 aromatic heterocycles. The quantitative estimate of drug-likeness (QED) is 0.769. The van der Waals surface area contributed by atoms with Crippen LogP contribution in [0.3, 0.4) is 0 Å². The number of hydrogen-bond acceptors (Lipinski definition) is 4. The van der Waals surface area contributed by atoms with Gasteiger partial charge in [-0.05, 0) is 19.9 Å². The van der Waals surface area contributed by atoms with Gasteiger partial charge in [0.1, 0.15) is 5.69 Å². The molecular weight excluding hydrogens is 238 g/mol. The zero-order valence-corrected chi connectivity index (χ0v) is 10.9. The van der Waals surface area contributed by atoms with Gasteiger partial charge in [-0.25, -0.2) is 4.79 Å². The number of methoxy groups -OCH3 is 1. The molecule has 0 saturated heterocycles. The smallest absolute Gasteiger partial charge is 0.331 e. The van der Waals surface area contributed by atoms with E-state index >= 15 is 0 Å². The monoisotopic (exact) mass is 255 g/mol. The molecule has 1 rings (SSSR count). The van der Waals surface area contributed by atoms with E-state index in [1.807, 2.05) is 0 Å². The van der Waals surface area contributed by atoms with Crippen LogP contribution in [0.15, 0.2) is 6.07 Å². The van der Waals surface area contributed by atoms with Crippen LogP contribution in [0.1, 0.15) is 23.1 Å². The average Bonchev–Trinajstić information content (AvgIpc) is 2.59. The van der Waals surface area contributed by atoms with E-state index in [9.17, 15) is 9.59 Å². The summed E-state index contributed by atoms with van der Waals surface area (Å²) >= 11 is 0. The molecule has 0 saturated carbocycles. The highest BCUT2D eigenvalue weighted by molar-refractivity contribution is 5.96. The normalized spacial score (nSPS) is 14.0. The van der Waals surface area contributed by atoms with Crippen LogP contribution in [0.4, 0.5) is 0 Å². The number of nitrogens with one attached hydrogen (secondary N) is 1. The molecule has 0 bridgehead atoms. The van der Waals surface area contributed by atoms with Crippen LogP contribution >= 0.6 is 0 Å². The number of amides is 1. The molecule has 1 aromatic rings. The van der Waals surface area contributed by atoms with Crippen LogP contribution in [-0.4, -0.2) is 46.0 Å². The maximum atomic E-state index is 11.9. The summed E-state index contributed by atoms with van der Waals surface area (Å²) in [4.78, 5) is 23.0. The largest absolute Gasteiger partial charge is 0.479 e. The van der Waals surface area contributed by atoms with E-state index in [0.717, 1.165) is 5.69 Å². The number of aromatic nitrogens is 2. The van der Waals surface area contributed by atoms with E-state index in [1.165, 1.54) is 14.0 Å². The summed E-state index contributed by atoms with van der Waals surface area (Å²) in [6, 6.07) is 1.59. The van der Waals surface area contributed by atoms with Gasteiger partial charge in [-0.15, -0.1) is 0 Å². The number of rotatable bonds is 5. The lowest BCUT2D eigenvalue weighted by molar-refractivity contribution is -0.145. The average molecular weight is 255 g/mol. The molecule has 1 amide bonds. The second-order valence-corrected chi connectivity index (χ2v) is 4.32. The minimum Gasteiger partial charge on any atom is -0.479 e. The van der Waals surface area contributed by atoms with Gasteiger partial charge in [0.2, 0.25) is 0 Å². The van der Waals surface area contributed by atoms with Gasteiger partial charge in [0.15, 0.2) is 5.54 Å². The van der Waals surface area contributed by atoms with E-state index in [0.29, 0.717) is 0 Å². The van der Waals surface area contributed by atoms with Crippen LogP contribution in [-0.2, 0) is 16.6 Å². The maximum absolute atomic E-state index is 11.9. The number of carboxylic acids is 1. The molecule has 18 heavy (non-hydrogen) atoms.